The summed E-state index contributed by atoms with van der Waals surface area (Å²) in [7, 11) is 0. The van der Waals surface area contributed by atoms with Crippen molar-refractivity contribution in [2.45, 2.75) is 29.6 Å². The quantitative estimate of drug-likeness (QED) is 0.384. The molecule has 9 heteroatoms. The molecule has 2 aromatic carbocycles. The lowest BCUT2D eigenvalue weighted by atomic mass is 9.97. The van der Waals surface area contributed by atoms with Crippen LogP contribution in [0.3, 0.4) is 0 Å². The molecule has 0 spiro atoms. The monoisotopic (exact) mass is 432 g/mol. The molecule has 0 aliphatic carbocycles. The van der Waals surface area contributed by atoms with E-state index < -0.39 is 10.7 Å². The van der Waals surface area contributed by atoms with Gasteiger partial charge in [-0.25, -0.2) is 4.39 Å². The van der Waals surface area contributed by atoms with Gasteiger partial charge in [0.05, 0.1) is 22.3 Å². The van der Waals surface area contributed by atoms with Gasteiger partial charge in [0.15, 0.2) is 0 Å². The van der Waals surface area contributed by atoms with Crippen LogP contribution in [0.2, 0.25) is 0 Å². The maximum Gasteiger partial charge on any atom is 0.310 e. The fourth-order valence-electron chi connectivity index (χ4n) is 3.31. The maximum absolute atomic E-state index is 13.1. The summed E-state index contributed by atoms with van der Waals surface area (Å²) in [6, 6.07) is 9.94. The Morgan fingerprint density at radius 1 is 1.27 bits per heavy atom. The minimum absolute atomic E-state index is 0.190. The second kappa shape index (κ2) is 9.71. The molecule has 30 heavy (non-hydrogen) atoms. The highest BCUT2D eigenvalue weighted by atomic mass is 32.2. The van der Waals surface area contributed by atoms with Gasteiger partial charge in [0.25, 0.3) is 11.6 Å². The first-order chi connectivity index (χ1) is 14.4. The summed E-state index contributed by atoms with van der Waals surface area (Å²) >= 11 is 1.12. The predicted molar refractivity (Wildman–Crippen MR) is 109 cm³/mol. The van der Waals surface area contributed by atoms with Gasteiger partial charge in [0, 0.05) is 29.6 Å². The number of piperidine rings is 1. The molecule has 158 valence electrons. The number of ether oxygens (including phenoxy) is 1. The van der Waals surface area contributed by atoms with Crippen molar-refractivity contribution in [3.8, 4) is 0 Å². The minimum atomic E-state index is -0.541. The maximum atomic E-state index is 13.1. The van der Waals surface area contributed by atoms with Crippen LogP contribution in [0.4, 0.5) is 10.1 Å². The van der Waals surface area contributed by atoms with Crippen LogP contribution in [-0.2, 0) is 9.53 Å². The number of halogens is 1. The van der Waals surface area contributed by atoms with Gasteiger partial charge in [-0.15, -0.1) is 0 Å². The Labute approximate surface area is 177 Å². The van der Waals surface area contributed by atoms with Crippen molar-refractivity contribution < 1.29 is 23.6 Å². The average molecular weight is 432 g/mol. The zero-order valence-electron chi connectivity index (χ0n) is 16.4. The lowest BCUT2D eigenvalue weighted by molar-refractivity contribution is -0.387. The molecule has 0 saturated carbocycles. The highest BCUT2D eigenvalue weighted by molar-refractivity contribution is 7.99. The second-order valence-electron chi connectivity index (χ2n) is 6.84. The van der Waals surface area contributed by atoms with Crippen molar-refractivity contribution in [3.05, 3.63) is 64.0 Å². The number of hydrogen-bond acceptors (Lipinski definition) is 6. The lowest BCUT2D eigenvalue weighted by Crippen LogP contribution is -2.42. The van der Waals surface area contributed by atoms with Crippen LogP contribution in [-0.4, -0.2) is 41.4 Å². The van der Waals surface area contributed by atoms with Gasteiger partial charge in [-0.05, 0) is 56.2 Å². The van der Waals surface area contributed by atoms with Gasteiger partial charge < -0.3 is 9.64 Å². The average Bonchev–Trinajstić information content (AvgIpc) is 2.75. The van der Waals surface area contributed by atoms with Crippen molar-refractivity contribution >= 4 is 29.3 Å². The van der Waals surface area contributed by atoms with E-state index >= 15 is 0 Å². The standard InChI is InChI=1S/C21H21FN2O5S/c1-2-29-21(26)15-4-3-11-23(13-15)20(25)14-5-10-19(18(12-14)24(27)28)30-17-8-6-16(22)7-9-17/h5-10,12,15H,2-4,11,13H2,1H3. The molecule has 1 saturated heterocycles. The van der Waals surface area contributed by atoms with Crippen LogP contribution in [0, 0.1) is 21.8 Å². The van der Waals surface area contributed by atoms with E-state index in [1.807, 2.05) is 0 Å². The Kier molecular flexibility index (Phi) is 7.04. The molecule has 1 aliphatic rings. The highest BCUT2D eigenvalue weighted by Gasteiger charge is 2.30. The molecular weight excluding hydrogens is 411 g/mol. The SMILES string of the molecule is CCOC(=O)C1CCCN(C(=O)c2ccc(Sc3ccc(F)cc3)c([N+](=O)[O-])c2)C1. The van der Waals surface area contributed by atoms with Gasteiger partial charge in [0.2, 0.25) is 0 Å². The summed E-state index contributed by atoms with van der Waals surface area (Å²) in [5, 5.41) is 11.6. The third-order valence-electron chi connectivity index (χ3n) is 4.77. The Bertz CT molecular complexity index is 951. The lowest BCUT2D eigenvalue weighted by Gasteiger charge is -2.31. The molecule has 1 unspecified atom stereocenters. The molecule has 1 heterocycles. The Morgan fingerprint density at radius 3 is 2.67 bits per heavy atom. The van der Waals surface area contributed by atoms with Crippen molar-refractivity contribution in [2.24, 2.45) is 5.92 Å². The van der Waals surface area contributed by atoms with Crippen LogP contribution in [0.15, 0.2) is 52.3 Å². The molecule has 2 aromatic rings. The second-order valence-corrected chi connectivity index (χ2v) is 7.95. The first-order valence-corrected chi connectivity index (χ1v) is 10.4. The van der Waals surface area contributed by atoms with E-state index in [0.717, 1.165) is 11.8 Å². The molecule has 1 aliphatic heterocycles. The van der Waals surface area contributed by atoms with Crippen LogP contribution in [0.5, 0.6) is 0 Å². The number of amides is 1. The number of esters is 1. The number of rotatable bonds is 6. The van der Waals surface area contributed by atoms with E-state index in [-0.39, 0.29) is 42.2 Å². The zero-order valence-corrected chi connectivity index (χ0v) is 17.2. The van der Waals surface area contributed by atoms with Crippen LogP contribution in [0.25, 0.3) is 0 Å². The van der Waals surface area contributed by atoms with E-state index in [4.69, 9.17) is 4.74 Å². The van der Waals surface area contributed by atoms with Gasteiger partial charge >= 0.3 is 5.97 Å². The largest absolute Gasteiger partial charge is 0.466 e. The summed E-state index contributed by atoms with van der Waals surface area (Å²) < 4.78 is 18.1. The first kappa shape index (κ1) is 21.8. The van der Waals surface area contributed by atoms with E-state index in [2.05, 4.69) is 0 Å². The Hall–Kier alpha value is -2.94. The number of nitro groups is 1. The summed E-state index contributed by atoms with van der Waals surface area (Å²) in [6.07, 6.45) is 1.31. The first-order valence-electron chi connectivity index (χ1n) is 9.56. The number of nitrogens with zero attached hydrogens (tertiary/aromatic N) is 2. The van der Waals surface area contributed by atoms with E-state index in [0.29, 0.717) is 29.2 Å². The number of likely N-dealkylation sites (tertiary alicyclic amines) is 1. The third-order valence-corrected chi connectivity index (χ3v) is 5.85. The van der Waals surface area contributed by atoms with Gasteiger partial charge in [-0.1, -0.05) is 11.8 Å². The molecular formula is C21H21FN2O5S. The fourth-order valence-corrected chi connectivity index (χ4v) is 4.21. The van der Waals surface area contributed by atoms with Crippen molar-refractivity contribution in [1.82, 2.24) is 4.90 Å². The fraction of sp³-hybridized carbons (Fsp3) is 0.333. The minimum Gasteiger partial charge on any atom is -0.466 e. The summed E-state index contributed by atoms with van der Waals surface area (Å²) in [5.74, 6) is -1.46. The highest BCUT2D eigenvalue weighted by Crippen LogP contribution is 2.35. The van der Waals surface area contributed by atoms with Crippen LogP contribution in [0.1, 0.15) is 30.1 Å². The van der Waals surface area contributed by atoms with E-state index in [1.165, 1.54) is 47.4 Å². The summed E-state index contributed by atoms with van der Waals surface area (Å²) in [4.78, 5) is 38.5. The molecule has 7 nitrogen and oxygen atoms in total. The molecule has 3 rings (SSSR count). The number of carbonyl (C=O) groups excluding carboxylic acids is 2. The number of nitro benzene ring substituents is 1. The Balaban J connectivity index is 1.79. The van der Waals surface area contributed by atoms with Gasteiger partial charge in [-0.3, -0.25) is 19.7 Å². The normalized spacial score (nSPS) is 16.2. The van der Waals surface area contributed by atoms with Gasteiger partial charge in [0.1, 0.15) is 5.82 Å². The van der Waals surface area contributed by atoms with Crippen molar-refractivity contribution in [1.29, 1.82) is 0 Å². The molecule has 0 N–H and O–H groups in total. The summed E-state index contributed by atoms with van der Waals surface area (Å²) in [5.41, 5.74) is -0.0104. The molecule has 0 bridgehead atoms. The number of carbonyl (C=O) groups is 2. The Morgan fingerprint density at radius 2 is 2.00 bits per heavy atom. The molecule has 1 atom stereocenters. The van der Waals surface area contributed by atoms with Crippen molar-refractivity contribution in [2.75, 3.05) is 19.7 Å². The molecule has 0 radical (unpaired) electrons. The molecule has 0 aromatic heterocycles. The van der Waals surface area contributed by atoms with Crippen LogP contribution < -0.4 is 0 Å². The van der Waals surface area contributed by atoms with Gasteiger partial charge in [-0.2, -0.15) is 0 Å². The smallest absolute Gasteiger partial charge is 0.310 e. The number of benzene rings is 2. The zero-order chi connectivity index (χ0) is 21.7. The number of hydrogen-bond donors (Lipinski definition) is 0. The molecule has 1 fully saturated rings. The third kappa shape index (κ3) is 5.15. The van der Waals surface area contributed by atoms with E-state index in [9.17, 15) is 24.1 Å². The topological polar surface area (TPSA) is 89.8 Å². The molecule has 1 amide bonds. The predicted octanol–water partition coefficient (Wildman–Crippen LogP) is 4.30. The van der Waals surface area contributed by atoms with Crippen molar-refractivity contribution in [3.63, 3.8) is 0 Å². The van der Waals surface area contributed by atoms with E-state index in [1.54, 1.807) is 6.92 Å². The summed E-state index contributed by atoms with van der Waals surface area (Å²) in [6.45, 7) is 2.73. The van der Waals surface area contributed by atoms with Crippen LogP contribution >= 0.6 is 11.8 Å².